The van der Waals surface area contributed by atoms with E-state index in [2.05, 4.69) is 9.80 Å². The molecule has 5 nitrogen and oxygen atoms in total. The Balaban J connectivity index is 0.00000169. The summed E-state index contributed by atoms with van der Waals surface area (Å²) in [7, 11) is 1.74. The minimum absolute atomic E-state index is 0. The van der Waals surface area contributed by atoms with Crippen LogP contribution in [0.2, 0.25) is 5.02 Å². The topological polar surface area (TPSA) is 36.0 Å². The molecule has 0 N–H and O–H groups in total. The monoisotopic (exact) mass is 423 g/mol. The lowest BCUT2D eigenvalue weighted by atomic mass is 10.1. The second-order valence-electron chi connectivity index (χ2n) is 6.59. The van der Waals surface area contributed by atoms with Gasteiger partial charge in [-0.2, -0.15) is 0 Å². The highest BCUT2D eigenvalue weighted by Gasteiger charge is 2.34. The minimum Gasteiger partial charge on any atom is -0.383 e. The summed E-state index contributed by atoms with van der Waals surface area (Å²) in [5, 5.41) is 0.702. The quantitative estimate of drug-likeness (QED) is 0.703. The second kappa shape index (κ2) is 11.3. The number of hydrogen-bond donors (Lipinski definition) is 0. The zero-order valence-corrected chi connectivity index (χ0v) is 17.5. The molecule has 2 aliphatic heterocycles. The van der Waals surface area contributed by atoms with Crippen LogP contribution in [-0.2, 0) is 9.53 Å². The summed E-state index contributed by atoms with van der Waals surface area (Å²) in [6, 6.07) is 7.54. The number of carbonyl (C=O) groups is 1. The SMILES string of the molecule is COCCN1CCN(C[C@@H]2CCN(c3ccc(Cl)cc3)C2=O)CC1.Cl.Cl. The number of piperazine rings is 1. The molecule has 148 valence electrons. The molecule has 1 amide bonds. The van der Waals surface area contributed by atoms with Crippen molar-refractivity contribution in [1.29, 1.82) is 0 Å². The summed E-state index contributed by atoms with van der Waals surface area (Å²) >= 11 is 5.93. The molecule has 0 aromatic heterocycles. The molecule has 1 atom stereocenters. The first-order valence-corrected chi connectivity index (χ1v) is 9.06. The van der Waals surface area contributed by atoms with Gasteiger partial charge in [-0.15, -0.1) is 24.8 Å². The van der Waals surface area contributed by atoms with Crippen molar-refractivity contribution < 1.29 is 9.53 Å². The van der Waals surface area contributed by atoms with Gasteiger partial charge in [-0.1, -0.05) is 11.6 Å². The number of nitrogens with zero attached hydrogens (tertiary/aromatic N) is 3. The lowest BCUT2D eigenvalue weighted by Crippen LogP contribution is -2.49. The lowest BCUT2D eigenvalue weighted by Gasteiger charge is -2.35. The molecule has 0 bridgehead atoms. The van der Waals surface area contributed by atoms with E-state index in [0.29, 0.717) is 5.02 Å². The number of ether oxygens (including phenoxy) is 1. The van der Waals surface area contributed by atoms with Crippen molar-refractivity contribution in [1.82, 2.24) is 9.80 Å². The average molecular weight is 425 g/mol. The molecule has 0 aliphatic carbocycles. The van der Waals surface area contributed by atoms with Crippen molar-refractivity contribution in [3.8, 4) is 0 Å². The molecule has 0 spiro atoms. The van der Waals surface area contributed by atoms with Crippen LogP contribution in [0.25, 0.3) is 0 Å². The molecule has 3 rings (SSSR count). The van der Waals surface area contributed by atoms with Gasteiger partial charge in [0.05, 0.1) is 12.5 Å². The Labute approximate surface area is 173 Å². The maximum Gasteiger partial charge on any atom is 0.231 e. The van der Waals surface area contributed by atoms with E-state index >= 15 is 0 Å². The van der Waals surface area contributed by atoms with Gasteiger partial charge in [0, 0.05) is 63.6 Å². The van der Waals surface area contributed by atoms with Crippen LogP contribution in [0.1, 0.15) is 6.42 Å². The molecule has 8 heteroatoms. The lowest BCUT2D eigenvalue weighted by molar-refractivity contribution is -0.121. The molecular weight excluding hydrogens is 397 g/mol. The molecule has 2 saturated heterocycles. The predicted molar refractivity (Wildman–Crippen MR) is 111 cm³/mol. The summed E-state index contributed by atoms with van der Waals surface area (Å²) in [6.07, 6.45) is 0.936. The van der Waals surface area contributed by atoms with Gasteiger partial charge in [-0.05, 0) is 30.7 Å². The van der Waals surface area contributed by atoms with Gasteiger partial charge < -0.3 is 14.5 Å². The van der Waals surface area contributed by atoms with E-state index in [-0.39, 0.29) is 36.6 Å². The molecule has 2 heterocycles. The number of rotatable bonds is 6. The van der Waals surface area contributed by atoms with Crippen LogP contribution in [-0.4, -0.2) is 75.2 Å². The highest BCUT2D eigenvalue weighted by molar-refractivity contribution is 6.30. The molecule has 26 heavy (non-hydrogen) atoms. The van der Waals surface area contributed by atoms with E-state index in [0.717, 1.165) is 64.5 Å². The average Bonchev–Trinajstić information content (AvgIpc) is 2.96. The van der Waals surface area contributed by atoms with Crippen LogP contribution >= 0.6 is 36.4 Å². The molecule has 0 saturated carbocycles. The van der Waals surface area contributed by atoms with Gasteiger partial charge in [0.25, 0.3) is 0 Å². The molecule has 2 aliphatic rings. The largest absolute Gasteiger partial charge is 0.383 e. The van der Waals surface area contributed by atoms with E-state index in [9.17, 15) is 4.79 Å². The van der Waals surface area contributed by atoms with E-state index in [1.54, 1.807) is 7.11 Å². The van der Waals surface area contributed by atoms with Crippen LogP contribution in [0.3, 0.4) is 0 Å². The Morgan fingerprint density at radius 2 is 1.65 bits per heavy atom. The van der Waals surface area contributed by atoms with Crippen molar-refractivity contribution in [3.05, 3.63) is 29.3 Å². The first-order chi connectivity index (χ1) is 11.7. The summed E-state index contributed by atoms with van der Waals surface area (Å²) in [6.45, 7) is 7.66. The number of hydrogen-bond acceptors (Lipinski definition) is 4. The highest BCUT2D eigenvalue weighted by atomic mass is 35.5. The fourth-order valence-corrected chi connectivity index (χ4v) is 3.64. The highest BCUT2D eigenvalue weighted by Crippen LogP contribution is 2.27. The third-order valence-electron chi connectivity index (χ3n) is 5.01. The standard InChI is InChI=1S/C18H26ClN3O2.2ClH/c1-24-13-12-20-8-10-21(11-9-20)14-15-6-7-22(18(15)23)17-4-2-16(19)3-5-17;;/h2-5,15H,6-14H2,1H3;2*1H/t15-;;/m0../s1. The zero-order valence-electron chi connectivity index (χ0n) is 15.1. The minimum atomic E-state index is 0. The third-order valence-corrected chi connectivity index (χ3v) is 5.26. The number of halogens is 3. The van der Waals surface area contributed by atoms with Crippen LogP contribution in [0.15, 0.2) is 24.3 Å². The van der Waals surface area contributed by atoms with Gasteiger partial charge in [0.1, 0.15) is 0 Å². The summed E-state index contributed by atoms with van der Waals surface area (Å²) in [5.74, 6) is 0.366. The second-order valence-corrected chi connectivity index (χ2v) is 7.02. The summed E-state index contributed by atoms with van der Waals surface area (Å²) < 4.78 is 5.14. The van der Waals surface area contributed by atoms with Gasteiger partial charge in [-0.3, -0.25) is 9.69 Å². The van der Waals surface area contributed by atoms with Crippen molar-refractivity contribution >= 4 is 48.0 Å². The van der Waals surface area contributed by atoms with Crippen molar-refractivity contribution in [2.45, 2.75) is 6.42 Å². The van der Waals surface area contributed by atoms with E-state index in [1.165, 1.54) is 0 Å². The normalized spacial score (nSPS) is 21.4. The van der Waals surface area contributed by atoms with Crippen molar-refractivity contribution in [2.75, 3.05) is 64.4 Å². The first kappa shape index (κ1) is 23.5. The zero-order chi connectivity index (χ0) is 16.9. The smallest absolute Gasteiger partial charge is 0.231 e. The molecule has 1 aromatic rings. The molecule has 0 radical (unpaired) electrons. The number of anilines is 1. The number of carbonyl (C=O) groups excluding carboxylic acids is 1. The summed E-state index contributed by atoms with van der Waals surface area (Å²) in [5.41, 5.74) is 0.955. The summed E-state index contributed by atoms with van der Waals surface area (Å²) in [4.78, 5) is 19.5. The Morgan fingerprint density at radius 1 is 1.04 bits per heavy atom. The molecule has 0 unspecified atom stereocenters. The van der Waals surface area contributed by atoms with Gasteiger partial charge >= 0.3 is 0 Å². The maximum absolute atomic E-state index is 12.7. The van der Waals surface area contributed by atoms with E-state index in [1.807, 2.05) is 29.2 Å². The van der Waals surface area contributed by atoms with E-state index in [4.69, 9.17) is 16.3 Å². The first-order valence-electron chi connectivity index (χ1n) is 8.68. The Kier molecular flexibility index (Phi) is 10.2. The Hall–Kier alpha value is -0.560. The van der Waals surface area contributed by atoms with Crippen molar-refractivity contribution in [2.24, 2.45) is 5.92 Å². The van der Waals surface area contributed by atoms with Gasteiger partial charge in [0.15, 0.2) is 0 Å². The van der Waals surface area contributed by atoms with Crippen LogP contribution in [0, 0.1) is 5.92 Å². The molecule has 1 aromatic carbocycles. The number of amides is 1. The molecule has 2 fully saturated rings. The third kappa shape index (κ3) is 5.98. The van der Waals surface area contributed by atoms with Gasteiger partial charge in [-0.25, -0.2) is 0 Å². The number of benzene rings is 1. The van der Waals surface area contributed by atoms with Gasteiger partial charge in [0.2, 0.25) is 5.91 Å². The Morgan fingerprint density at radius 3 is 2.27 bits per heavy atom. The van der Waals surface area contributed by atoms with Crippen LogP contribution in [0.5, 0.6) is 0 Å². The fourth-order valence-electron chi connectivity index (χ4n) is 3.51. The predicted octanol–water partition coefficient (Wildman–Crippen LogP) is 2.80. The van der Waals surface area contributed by atoms with Crippen molar-refractivity contribution in [3.63, 3.8) is 0 Å². The maximum atomic E-state index is 12.7. The molecular formula is C18H28Cl3N3O2. The van der Waals surface area contributed by atoms with E-state index < -0.39 is 0 Å². The number of methoxy groups -OCH3 is 1. The fraction of sp³-hybridized carbons (Fsp3) is 0.611. The van der Waals surface area contributed by atoms with Crippen LogP contribution in [0.4, 0.5) is 5.69 Å². The van der Waals surface area contributed by atoms with Crippen LogP contribution < -0.4 is 4.90 Å². The Bertz CT molecular complexity index is 551.